The summed E-state index contributed by atoms with van der Waals surface area (Å²) in [6, 6.07) is 4.14. The molecule has 0 saturated carbocycles. The van der Waals surface area contributed by atoms with Crippen LogP contribution in [0.2, 0.25) is 0 Å². The van der Waals surface area contributed by atoms with E-state index >= 15 is 0 Å². The molecule has 1 aliphatic rings. The zero-order chi connectivity index (χ0) is 11.7. The molecule has 1 N–H and O–H groups in total. The molecule has 0 amide bonds. The summed E-state index contributed by atoms with van der Waals surface area (Å²) in [7, 11) is 1.90. The van der Waals surface area contributed by atoms with Crippen molar-refractivity contribution < 1.29 is 8.78 Å². The number of nitrogens with zero attached hydrogens (tertiary/aromatic N) is 1. The molecule has 16 heavy (non-hydrogen) atoms. The molecular weight excluding hydrogens is 210 g/mol. The first-order chi connectivity index (χ1) is 7.61. The van der Waals surface area contributed by atoms with Crippen LogP contribution in [0, 0.1) is 11.6 Å². The van der Waals surface area contributed by atoms with Crippen molar-refractivity contribution in [2.24, 2.45) is 0 Å². The number of hydrogen-bond donors (Lipinski definition) is 1. The monoisotopic (exact) mass is 226 g/mol. The van der Waals surface area contributed by atoms with E-state index in [2.05, 4.69) is 5.32 Å². The van der Waals surface area contributed by atoms with Gasteiger partial charge in [-0.3, -0.25) is 4.90 Å². The fourth-order valence-electron chi connectivity index (χ4n) is 1.99. The van der Waals surface area contributed by atoms with Crippen LogP contribution in [0.25, 0.3) is 0 Å². The maximum absolute atomic E-state index is 13.6. The molecule has 1 atom stereocenters. The minimum Gasteiger partial charge on any atom is -0.314 e. The summed E-state index contributed by atoms with van der Waals surface area (Å²) in [5.74, 6) is -0.932. The minimum absolute atomic E-state index is 0.164. The number of benzene rings is 1. The lowest BCUT2D eigenvalue weighted by atomic mass is 10.0. The average molecular weight is 226 g/mol. The van der Waals surface area contributed by atoms with Crippen LogP contribution in [0.5, 0.6) is 0 Å². The van der Waals surface area contributed by atoms with Gasteiger partial charge in [0.2, 0.25) is 0 Å². The highest BCUT2D eigenvalue weighted by Crippen LogP contribution is 2.26. The number of rotatable bonds is 3. The third-order valence-corrected chi connectivity index (χ3v) is 3.36. The topological polar surface area (TPSA) is 15.3 Å². The van der Waals surface area contributed by atoms with E-state index in [-0.39, 0.29) is 11.6 Å². The van der Waals surface area contributed by atoms with E-state index in [1.165, 1.54) is 18.2 Å². The molecule has 2 rings (SSSR count). The van der Waals surface area contributed by atoms with Crippen LogP contribution in [0.1, 0.15) is 18.5 Å². The first-order valence-electron chi connectivity index (χ1n) is 5.48. The zero-order valence-electron chi connectivity index (χ0n) is 9.50. The van der Waals surface area contributed by atoms with Crippen molar-refractivity contribution in [1.82, 2.24) is 10.2 Å². The fraction of sp³-hybridized carbons (Fsp3) is 0.500. The number of likely N-dealkylation sites (N-methyl/N-ethyl adjacent to an activating group) is 1. The van der Waals surface area contributed by atoms with Gasteiger partial charge in [-0.25, -0.2) is 8.78 Å². The van der Waals surface area contributed by atoms with Crippen molar-refractivity contribution in [2.75, 3.05) is 20.1 Å². The molecule has 0 radical (unpaired) electrons. The van der Waals surface area contributed by atoms with E-state index in [9.17, 15) is 8.78 Å². The highest BCUT2D eigenvalue weighted by molar-refractivity contribution is 5.23. The van der Waals surface area contributed by atoms with Gasteiger partial charge in [0.05, 0.1) is 0 Å². The molecule has 1 saturated heterocycles. The molecule has 1 aliphatic heterocycles. The molecule has 0 aliphatic carbocycles. The fourth-order valence-corrected chi connectivity index (χ4v) is 1.99. The Kier molecular flexibility index (Phi) is 3.21. The Balaban J connectivity index is 2.22. The standard InChI is InChI=1S/C12H16F2N2/c1-8(16(2)9-6-15-7-9)12-10(13)4-3-5-11(12)14/h3-5,8-9,15H,6-7H2,1-2H3. The van der Waals surface area contributed by atoms with E-state index in [1.807, 2.05) is 18.9 Å². The van der Waals surface area contributed by atoms with E-state index in [4.69, 9.17) is 0 Å². The third-order valence-electron chi connectivity index (χ3n) is 3.36. The van der Waals surface area contributed by atoms with Crippen molar-refractivity contribution in [3.8, 4) is 0 Å². The molecule has 0 bridgehead atoms. The van der Waals surface area contributed by atoms with Gasteiger partial charge in [0, 0.05) is 30.7 Å². The predicted octanol–water partition coefficient (Wildman–Crippen LogP) is 1.93. The minimum atomic E-state index is -0.466. The van der Waals surface area contributed by atoms with Crippen LogP contribution in [0.4, 0.5) is 8.78 Å². The van der Waals surface area contributed by atoms with Crippen LogP contribution < -0.4 is 5.32 Å². The van der Waals surface area contributed by atoms with Gasteiger partial charge in [0.15, 0.2) is 0 Å². The Bertz CT molecular complexity index is 357. The molecule has 2 nitrogen and oxygen atoms in total. The van der Waals surface area contributed by atoms with Crippen molar-refractivity contribution in [3.05, 3.63) is 35.4 Å². The Morgan fingerprint density at radius 2 is 1.88 bits per heavy atom. The van der Waals surface area contributed by atoms with Crippen molar-refractivity contribution in [3.63, 3.8) is 0 Å². The lowest BCUT2D eigenvalue weighted by Gasteiger charge is -2.39. The molecule has 1 aromatic rings. The molecule has 1 aromatic carbocycles. The largest absolute Gasteiger partial charge is 0.314 e. The summed E-state index contributed by atoms with van der Waals surface area (Å²) in [5, 5.41) is 3.15. The first-order valence-corrected chi connectivity index (χ1v) is 5.48. The summed E-state index contributed by atoms with van der Waals surface area (Å²) in [4.78, 5) is 2.01. The normalized spacial score (nSPS) is 18.6. The van der Waals surface area contributed by atoms with Crippen molar-refractivity contribution in [2.45, 2.75) is 19.0 Å². The van der Waals surface area contributed by atoms with Crippen LogP contribution >= 0.6 is 0 Å². The molecule has 1 heterocycles. The number of hydrogen-bond acceptors (Lipinski definition) is 2. The van der Waals surface area contributed by atoms with Gasteiger partial charge < -0.3 is 5.32 Å². The summed E-state index contributed by atoms with van der Waals surface area (Å²) in [6.07, 6.45) is 0. The Hall–Kier alpha value is -1.00. The second-order valence-corrected chi connectivity index (χ2v) is 4.29. The lowest BCUT2D eigenvalue weighted by molar-refractivity contribution is 0.132. The SMILES string of the molecule is CC(c1c(F)cccc1F)N(C)C1CNC1. The summed E-state index contributed by atoms with van der Waals surface area (Å²) in [6.45, 7) is 3.60. The Labute approximate surface area is 94.3 Å². The second-order valence-electron chi connectivity index (χ2n) is 4.29. The van der Waals surface area contributed by atoms with Gasteiger partial charge in [-0.05, 0) is 26.1 Å². The number of halogens is 2. The first kappa shape index (κ1) is 11.5. The molecule has 0 spiro atoms. The van der Waals surface area contributed by atoms with Crippen molar-refractivity contribution >= 4 is 0 Å². The third kappa shape index (κ3) is 1.95. The quantitative estimate of drug-likeness (QED) is 0.847. The number of nitrogens with one attached hydrogen (secondary N) is 1. The molecule has 1 fully saturated rings. The average Bonchev–Trinajstić information content (AvgIpc) is 2.14. The maximum atomic E-state index is 13.6. The molecular formula is C12H16F2N2. The van der Waals surface area contributed by atoms with Gasteiger partial charge in [0.1, 0.15) is 11.6 Å². The van der Waals surface area contributed by atoms with Crippen LogP contribution in [-0.4, -0.2) is 31.1 Å². The molecule has 88 valence electrons. The maximum Gasteiger partial charge on any atom is 0.130 e. The van der Waals surface area contributed by atoms with E-state index in [0.29, 0.717) is 6.04 Å². The van der Waals surface area contributed by atoms with Crippen molar-refractivity contribution in [1.29, 1.82) is 0 Å². The highest BCUT2D eigenvalue weighted by atomic mass is 19.1. The summed E-state index contributed by atoms with van der Waals surface area (Å²) < 4.78 is 27.1. The zero-order valence-corrected chi connectivity index (χ0v) is 9.50. The van der Waals surface area contributed by atoms with E-state index in [1.54, 1.807) is 0 Å². The lowest BCUT2D eigenvalue weighted by Crippen LogP contribution is -2.56. The smallest absolute Gasteiger partial charge is 0.130 e. The Morgan fingerprint density at radius 3 is 2.31 bits per heavy atom. The molecule has 1 unspecified atom stereocenters. The molecule has 0 aromatic heterocycles. The summed E-state index contributed by atoms with van der Waals surface area (Å²) >= 11 is 0. The van der Waals surface area contributed by atoms with E-state index < -0.39 is 11.6 Å². The van der Waals surface area contributed by atoms with Crippen LogP contribution in [-0.2, 0) is 0 Å². The molecule has 4 heteroatoms. The van der Waals surface area contributed by atoms with Gasteiger partial charge >= 0.3 is 0 Å². The Morgan fingerprint density at radius 1 is 1.31 bits per heavy atom. The summed E-state index contributed by atoms with van der Waals surface area (Å²) in [5.41, 5.74) is 0.164. The van der Waals surface area contributed by atoms with Gasteiger partial charge in [0.25, 0.3) is 0 Å². The van der Waals surface area contributed by atoms with Gasteiger partial charge in [-0.2, -0.15) is 0 Å². The van der Waals surface area contributed by atoms with Gasteiger partial charge in [-0.1, -0.05) is 6.07 Å². The van der Waals surface area contributed by atoms with E-state index in [0.717, 1.165) is 13.1 Å². The van der Waals surface area contributed by atoms with Gasteiger partial charge in [-0.15, -0.1) is 0 Å². The highest BCUT2D eigenvalue weighted by Gasteiger charge is 2.28. The van der Waals surface area contributed by atoms with Crippen LogP contribution in [0.15, 0.2) is 18.2 Å². The van der Waals surface area contributed by atoms with Crippen LogP contribution in [0.3, 0.4) is 0 Å². The predicted molar refractivity (Wildman–Crippen MR) is 59.2 cm³/mol. The second kappa shape index (κ2) is 4.47.